The van der Waals surface area contributed by atoms with Gasteiger partial charge in [-0.05, 0) is 11.6 Å². The molecule has 0 aliphatic carbocycles. The molecule has 6 nitrogen and oxygen atoms in total. The topological polar surface area (TPSA) is 99.0 Å². The van der Waals surface area contributed by atoms with Crippen LogP contribution >= 0.6 is 11.3 Å². The van der Waals surface area contributed by atoms with E-state index in [0.717, 1.165) is 11.3 Å². The average Bonchev–Trinajstić information content (AvgIpc) is 2.61. The second-order valence-electron chi connectivity index (χ2n) is 2.20. The molecule has 0 aliphatic rings. The van der Waals surface area contributed by atoms with Crippen molar-refractivity contribution < 1.29 is 9.90 Å². The highest BCUT2D eigenvalue weighted by atomic mass is 32.1. The average molecular weight is 210 g/mol. The van der Waals surface area contributed by atoms with Crippen molar-refractivity contribution in [3.05, 3.63) is 32.6 Å². The lowest BCUT2D eigenvalue weighted by Crippen LogP contribution is -1.93. The SMILES string of the molecule is [N-]=[N+]=NCC=Cc1csc(C(=O)O)n1. The van der Waals surface area contributed by atoms with E-state index in [1.165, 1.54) is 0 Å². The summed E-state index contributed by atoms with van der Waals surface area (Å²) < 4.78 is 0. The van der Waals surface area contributed by atoms with Crippen LogP contribution < -0.4 is 0 Å². The number of thiazole rings is 1. The van der Waals surface area contributed by atoms with Crippen LogP contribution in [0.2, 0.25) is 0 Å². The molecule has 0 fully saturated rings. The number of rotatable bonds is 4. The van der Waals surface area contributed by atoms with Crippen LogP contribution in [0.25, 0.3) is 16.5 Å². The van der Waals surface area contributed by atoms with E-state index < -0.39 is 5.97 Å². The van der Waals surface area contributed by atoms with Gasteiger partial charge >= 0.3 is 5.97 Å². The van der Waals surface area contributed by atoms with Gasteiger partial charge in [0.25, 0.3) is 0 Å². The first-order chi connectivity index (χ1) is 6.74. The molecule has 0 unspecified atom stereocenters. The Labute approximate surface area is 83.2 Å². The molecule has 7 heteroatoms. The van der Waals surface area contributed by atoms with Gasteiger partial charge in [0.05, 0.1) is 5.69 Å². The van der Waals surface area contributed by atoms with E-state index in [0.29, 0.717) is 5.69 Å². The Morgan fingerprint density at radius 2 is 2.64 bits per heavy atom. The number of carboxylic acid groups (broad SMARTS) is 1. The highest BCUT2D eigenvalue weighted by Gasteiger charge is 2.06. The van der Waals surface area contributed by atoms with Gasteiger partial charge in [0.2, 0.25) is 5.01 Å². The quantitative estimate of drug-likeness (QED) is 0.468. The van der Waals surface area contributed by atoms with Crippen molar-refractivity contribution in [2.75, 3.05) is 6.54 Å². The van der Waals surface area contributed by atoms with Crippen LogP contribution in [0.4, 0.5) is 0 Å². The van der Waals surface area contributed by atoms with E-state index in [2.05, 4.69) is 15.0 Å². The highest BCUT2D eigenvalue weighted by molar-refractivity contribution is 7.11. The molecule has 0 radical (unpaired) electrons. The summed E-state index contributed by atoms with van der Waals surface area (Å²) >= 11 is 1.06. The monoisotopic (exact) mass is 210 g/mol. The zero-order valence-corrected chi connectivity index (χ0v) is 7.81. The van der Waals surface area contributed by atoms with E-state index >= 15 is 0 Å². The van der Waals surface area contributed by atoms with Crippen molar-refractivity contribution in [2.24, 2.45) is 5.11 Å². The molecule has 1 N–H and O–H groups in total. The number of aromatic carboxylic acids is 1. The Balaban J connectivity index is 2.63. The summed E-state index contributed by atoms with van der Waals surface area (Å²) in [6, 6.07) is 0. The molecule has 0 saturated heterocycles. The van der Waals surface area contributed by atoms with Crippen LogP contribution in [0.1, 0.15) is 15.5 Å². The minimum atomic E-state index is -1.04. The molecule has 0 atom stereocenters. The van der Waals surface area contributed by atoms with Gasteiger partial charge in [-0.3, -0.25) is 0 Å². The lowest BCUT2D eigenvalue weighted by Gasteiger charge is -1.82. The van der Waals surface area contributed by atoms with Gasteiger partial charge in [-0.25, -0.2) is 9.78 Å². The predicted octanol–water partition coefficient (Wildman–Crippen LogP) is 2.16. The van der Waals surface area contributed by atoms with E-state index in [9.17, 15) is 4.79 Å². The summed E-state index contributed by atoms with van der Waals surface area (Å²) in [5.74, 6) is -1.04. The molecular weight excluding hydrogens is 204 g/mol. The maximum absolute atomic E-state index is 10.4. The summed E-state index contributed by atoms with van der Waals surface area (Å²) in [5.41, 5.74) is 8.53. The van der Waals surface area contributed by atoms with Crippen LogP contribution in [-0.4, -0.2) is 22.6 Å². The molecule has 1 heterocycles. The minimum Gasteiger partial charge on any atom is -0.476 e. The van der Waals surface area contributed by atoms with Crippen molar-refractivity contribution in [1.82, 2.24) is 4.98 Å². The summed E-state index contributed by atoms with van der Waals surface area (Å²) in [6.45, 7) is 0.233. The van der Waals surface area contributed by atoms with Gasteiger partial charge in [-0.1, -0.05) is 11.2 Å². The van der Waals surface area contributed by atoms with Crippen LogP contribution in [0.3, 0.4) is 0 Å². The first-order valence-corrected chi connectivity index (χ1v) is 4.48. The molecular formula is C7H6N4O2S. The zero-order chi connectivity index (χ0) is 10.4. The number of carbonyl (C=O) groups is 1. The predicted molar refractivity (Wildman–Crippen MR) is 52.1 cm³/mol. The third-order valence-electron chi connectivity index (χ3n) is 1.24. The minimum absolute atomic E-state index is 0.0495. The van der Waals surface area contributed by atoms with Crippen molar-refractivity contribution in [1.29, 1.82) is 0 Å². The second kappa shape index (κ2) is 5.00. The Morgan fingerprint density at radius 1 is 1.86 bits per heavy atom. The number of nitrogens with zero attached hydrogens (tertiary/aromatic N) is 4. The molecule has 1 aromatic heterocycles. The van der Waals surface area contributed by atoms with Crippen molar-refractivity contribution in [3.8, 4) is 0 Å². The highest BCUT2D eigenvalue weighted by Crippen LogP contribution is 2.10. The fraction of sp³-hybridized carbons (Fsp3) is 0.143. The standard InChI is InChI=1S/C7H6N4O2S/c8-11-9-3-1-2-5-4-14-6(10-5)7(12)13/h1-2,4H,3H2,(H,12,13). The Morgan fingerprint density at radius 3 is 3.21 bits per heavy atom. The Kier molecular flexibility index (Phi) is 3.66. The molecule has 72 valence electrons. The molecule has 0 aliphatic heterocycles. The van der Waals surface area contributed by atoms with E-state index in [-0.39, 0.29) is 11.6 Å². The first kappa shape index (κ1) is 10.2. The Hall–Kier alpha value is -1.85. The summed E-state index contributed by atoms with van der Waals surface area (Å²) in [5, 5.41) is 13.5. The summed E-state index contributed by atoms with van der Waals surface area (Å²) in [7, 11) is 0. The Bertz CT molecular complexity index is 406. The fourth-order valence-corrected chi connectivity index (χ4v) is 1.34. The third kappa shape index (κ3) is 2.89. The van der Waals surface area contributed by atoms with Crippen LogP contribution in [0.15, 0.2) is 16.6 Å². The van der Waals surface area contributed by atoms with Gasteiger partial charge in [-0.2, -0.15) is 0 Å². The van der Waals surface area contributed by atoms with Gasteiger partial charge < -0.3 is 5.11 Å². The molecule has 1 rings (SSSR count). The van der Waals surface area contributed by atoms with Crippen molar-refractivity contribution in [2.45, 2.75) is 0 Å². The van der Waals surface area contributed by atoms with Crippen molar-refractivity contribution >= 4 is 23.4 Å². The van der Waals surface area contributed by atoms with E-state index in [1.54, 1.807) is 17.5 Å². The van der Waals surface area contributed by atoms with Crippen molar-refractivity contribution in [3.63, 3.8) is 0 Å². The first-order valence-electron chi connectivity index (χ1n) is 3.60. The molecule has 14 heavy (non-hydrogen) atoms. The van der Waals surface area contributed by atoms with Gasteiger partial charge in [0, 0.05) is 16.8 Å². The summed E-state index contributed by atoms with van der Waals surface area (Å²) in [6.07, 6.45) is 3.22. The zero-order valence-electron chi connectivity index (χ0n) is 6.99. The van der Waals surface area contributed by atoms with Gasteiger partial charge in [-0.15, -0.1) is 11.3 Å². The number of carboxylic acids is 1. The lowest BCUT2D eigenvalue weighted by molar-refractivity contribution is 0.0696. The normalized spacial score (nSPS) is 10.0. The number of hydrogen-bond donors (Lipinski definition) is 1. The third-order valence-corrected chi connectivity index (χ3v) is 2.09. The van der Waals surface area contributed by atoms with E-state index in [4.69, 9.17) is 10.6 Å². The smallest absolute Gasteiger partial charge is 0.365 e. The maximum Gasteiger partial charge on any atom is 0.365 e. The largest absolute Gasteiger partial charge is 0.476 e. The lowest BCUT2D eigenvalue weighted by atomic mass is 10.4. The number of aromatic nitrogens is 1. The maximum atomic E-state index is 10.4. The van der Waals surface area contributed by atoms with Crippen LogP contribution in [0.5, 0.6) is 0 Å². The molecule has 0 aromatic carbocycles. The molecule has 0 spiro atoms. The number of azide groups is 1. The second-order valence-corrected chi connectivity index (χ2v) is 3.06. The van der Waals surface area contributed by atoms with E-state index in [1.807, 2.05) is 0 Å². The molecule has 0 saturated carbocycles. The number of hydrogen-bond acceptors (Lipinski definition) is 4. The fourth-order valence-electron chi connectivity index (χ4n) is 0.718. The van der Waals surface area contributed by atoms with Gasteiger partial charge in [0.15, 0.2) is 0 Å². The molecule has 0 amide bonds. The van der Waals surface area contributed by atoms with Crippen LogP contribution in [-0.2, 0) is 0 Å². The summed E-state index contributed by atoms with van der Waals surface area (Å²) in [4.78, 5) is 16.8. The van der Waals surface area contributed by atoms with Gasteiger partial charge in [0.1, 0.15) is 0 Å². The van der Waals surface area contributed by atoms with Crippen LogP contribution in [0, 0.1) is 0 Å². The molecule has 0 bridgehead atoms. The molecule has 1 aromatic rings.